The van der Waals surface area contributed by atoms with Crippen LogP contribution in [0.4, 0.5) is 21.9 Å². The highest BCUT2D eigenvalue weighted by atomic mass is 16.4. The number of aromatic nitrogens is 2. The van der Waals surface area contributed by atoms with Crippen LogP contribution in [0.2, 0.25) is 0 Å². The highest BCUT2D eigenvalue weighted by molar-refractivity contribution is 6.13. The molecule has 0 spiro atoms. The summed E-state index contributed by atoms with van der Waals surface area (Å²) in [6, 6.07) is 4.57. The van der Waals surface area contributed by atoms with Gasteiger partial charge in [-0.3, -0.25) is 14.7 Å². The monoisotopic (exact) mass is 387 g/mol. The standard InChI is InChI=1S/C17H21N7O4/c18-10-2-1-3-11(19)13(10)15(25)22-12-8-20-23-14(12)16(26)21-9-4-6-24(7-5-9)17(27)28/h1-3,8-9H,4-7,18-19H2,(H,20,23)(H,21,26)(H,22,25)(H,27,28). The van der Waals surface area contributed by atoms with E-state index in [1.807, 2.05) is 0 Å². The Morgan fingerprint density at radius 1 is 1.14 bits per heavy atom. The van der Waals surface area contributed by atoms with Crippen LogP contribution in [0.25, 0.3) is 0 Å². The van der Waals surface area contributed by atoms with Crippen molar-refractivity contribution >= 4 is 35.0 Å². The fraction of sp³-hybridized carbons (Fsp3) is 0.294. The number of nitrogen functional groups attached to an aromatic ring is 2. The quantitative estimate of drug-likeness (QED) is 0.418. The maximum atomic E-state index is 12.5. The van der Waals surface area contributed by atoms with Crippen LogP contribution in [0.5, 0.6) is 0 Å². The van der Waals surface area contributed by atoms with Gasteiger partial charge < -0.3 is 32.1 Å². The van der Waals surface area contributed by atoms with E-state index in [0.29, 0.717) is 25.9 Å². The van der Waals surface area contributed by atoms with Crippen LogP contribution in [0.1, 0.15) is 33.7 Å². The number of nitrogens with zero attached hydrogens (tertiary/aromatic N) is 2. The first-order valence-corrected chi connectivity index (χ1v) is 8.64. The van der Waals surface area contributed by atoms with Gasteiger partial charge in [0.15, 0.2) is 0 Å². The summed E-state index contributed by atoms with van der Waals surface area (Å²) in [5, 5.41) is 20.8. The fourth-order valence-electron chi connectivity index (χ4n) is 3.06. The first-order valence-electron chi connectivity index (χ1n) is 8.64. The number of amides is 3. The summed E-state index contributed by atoms with van der Waals surface area (Å²) in [7, 11) is 0. The minimum Gasteiger partial charge on any atom is -0.465 e. The van der Waals surface area contributed by atoms with Crippen molar-refractivity contribution in [1.29, 1.82) is 0 Å². The van der Waals surface area contributed by atoms with E-state index in [9.17, 15) is 14.4 Å². The van der Waals surface area contributed by atoms with Gasteiger partial charge in [-0.15, -0.1) is 0 Å². The van der Waals surface area contributed by atoms with Gasteiger partial charge in [-0.05, 0) is 25.0 Å². The molecule has 1 saturated heterocycles. The fourth-order valence-corrected chi connectivity index (χ4v) is 3.06. The molecule has 0 bridgehead atoms. The second-order valence-corrected chi connectivity index (χ2v) is 6.44. The lowest BCUT2D eigenvalue weighted by Crippen LogP contribution is -2.46. The smallest absolute Gasteiger partial charge is 0.407 e. The first-order chi connectivity index (χ1) is 13.4. The number of carbonyl (C=O) groups excluding carboxylic acids is 2. The van der Waals surface area contributed by atoms with E-state index in [1.165, 1.54) is 11.1 Å². The zero-order chi connectivity index (χ0) is 20.3. The highest BCUT2D eigenvalue weighted by Gasteiger charge is 2.25. The van der Waals surface area contributed by atoms with Crippen molar-refractivity contribution in [2.75, 3.05) is 29.9 Å². The van der Waals surface area contributed by atoms with Gasteiger partial charge in [0.05, 0.1) is 17.4 Å². The molecule has 11 heteroatoms. The number of nitrogens with two attached hydrogens (primary N) is 2. The van der Waals surface area contributed by atoms with Gasteiger partial charge in [-0.25, -0.2) is 4.79 Å². The maximum absolute atomic E-state index is 12.5. The summed E-state index contributed by atoms with van der Waals surface area (Å²) < 4.78 is 0. The van der Waals surface area contributed by atoms with Crippen molar-refractivity contribution in [2.45, 2.75) is 18.9 Å². The molecule has 28 heavy (non-hydrogen) atoms. The second kappa shape index (κ2) is 7.86. The Morgan fingerprint density at radius 3 is 2.39 bits per heavy atom. The molecular formula is C17H21N7O4. The molecular weight excluding hydrogens is 366 g/mol. The Labute approximate surface area is 160 Å². The van der Waals surface area contributed by atoms with Gasteiger partial charge in [-0.2, -0.15) is 5.10 Å². The van der Waals surface area contributed by atoms with E-state index in [2.05, 4.69) is 20.8 Å². The van der Waals surface area contributed by atoms with Crippen molar-refractivity contribution in [1.82, 2.24) is 20.4 Å². The molecule has 11 nitrogen and oxygen atoms in total. The van der Waals surface area contributed by atoms with Crippen LogP contribution in [-0.4, -0.2) is 57.2 Å². The van der Waals surface area contributed by atoms with Crippen molar-refractivity contribution in [3.63, 3.8) is 0 Å². The second-order valence-electron chi connectivity index (χ2n) is 6.44. The average Bonchev–Trinajstić information content (AvgIpc) is 3.10. The third-order valence-corrected chi connectivity index (χ3v) is 4.57. The minimum atomic E-state index is -0.970. The van der Waals surface area contributed by atoms with E-state index in [0.717, 1.165) is 0 Å². The number of likely N-dealkylation sites (tertiary alicyclic amines) is 1. The normalized spacial score (nSPS) is 14.5. The van der Waals surface area contributed by atoms with Gasteiger partial charge in [0.1, 0.15) is 5.69 Å². The molecule has 8 N–H and O–H groups in total. The summed E-state index contributed by atoms with van der Waals surface area (Å²) in [6.07, 6.45) is 1.35. The van der Waals surface area contributed by atoms with E-state index < -0.39 is 17.9 Å². The van der Waals surface area contributed by atoms with Crippen LogP contribution in [0.15, 0.2) is 24.4 Å². The number of benzene rings is 1. The van der Waals surface area contributed by atoms with E-state index >= 15 is 0 Å². The van der Waals surface area contributed by atoms with Gasteiger partial charge in [0.25, 0.3) is 11.8 Å². The Morgan fingerprint density at radius 2 is 1.79 bits per heavy atom. The van der Waals surface area contributed by atoms with Crippen LogP contribution in [-0.2, 0) is 0 Å². The average molecular weight is 387 g/mol. The lowest BCUT2D eigenvalue weighted by molar-refractivity contribution is 0.0903. The predicted molar refractivity (Wildman–Crippen MR) is 102 cm³/mol. The van der Waals surface area contributed by atoms with Crippen LogP contribution in [0, 0.1) is 0 Å². The molecule has 0 atom stereocenters. The number of hydrogen-bond acceptors (Lipinski definition) is 6. The Hall–Kier alpha value is -3.76. The molecule has 1 aromatic heterocycles. The summed E-state index contributed by atoms with van der Waals surface area (Å²) in [5.41, 5.74) is 12.5. The van der Waals surface area contributed by atoms with E-state index in [1.54, 1.807) is 18.2 Å². The summed E-state index contributed by atoms with van der Waals surface area (Å²) >= 11 is 0. The number of H-pyrrole nitrogens is 1. The van der Waals surface area contributed by atoms with Gasteiger partial charge in [0, 0.05) is 30.5 Å². The zero-order valence-corrected chi connectivity index (χ0v) is 14.9. The molecule has 0 unspecified atom stereocenters. The van der Waals surface area contributed by atoms with Crippen molar-refractivity contribution in [3.8, 4) is 0 Å². The highest BCUT2D eigenvalue weighted by Crippen LogP contribution is 2.22. The van der Waals surface area contributed by atoms with Crippen LogP contribution < -0.4 is 22.1 Å². The Bertz CT molecular complexity index is 882. The molecule has 0 radical (unpaired) electrons. The molecule has 1 fully saturated rings. The number of hydrogen-bond donors (Lipinski definition) is 6. The topological polar surface area (TPSA) is 179 Å². The summed E-state index contributed by atoms with van der Waals surface area (Å²) in [4.78, 5) is 37.3. The summed E-state index contributed by atoms with van der Waals surface area (Å²) in [5.74, 6) is -1.00. The van der Waals surface area contributed by atoms with Crippen molar-refractivity contribution in [2.24, 2.45) is 0 Å². The number of rotatable bonds is 4. The first kappa shape index (κ1) is 19.0. The molecule has 1 aliphatic heterocycles. The van der Waals surface area contributed by atoms with Crippen LogP contribution in [0.3, 0.4) is 0 Å². The zero-order valence-electron chi connectivity index (χ0n) is 14.9. The maximum Gasteiger partial charge on any atom is 0.407 e. The Kier molecular flexibility index (Phi) is 5.34. The summed E-state index contributed by atoms with van der Waals surface area (Å²) in [6.45, 7) is 0.693. The van der Waals surface area contributed by atoms with Crippen molar-refractivity contribution < 1.29 is 19.5 Å². The Balaban J connectivity index is 1.66. The number of piperidine rings is 1. The third-order valence-electron chi connectivity index (χ3n) is 4.57. The molecule has 2 heterocycles. The number of carboxylic acid groups (broad SMARTS) is 1. The van der Waals surface area contributed by atoms with Gasteiger partial charge in [0.2, 0.25) is 0 Å². The molecule has 2 aromatic rings. The van der Waals surface area contributed by atoms with Gasteiger partial charge >= 0.3 is 6.09 Å². The third kappa shape index (κ3) is 3.98. The molecule has 1 aliphatic rings. The molecule has 0 aliphatic carbocycles. The number of anilines is 3. The molecule has 0 saturated carbocycles. The lowest BCUT2D eigenvalue weighted by Gasteiger charge is -2.30. The van der Waals surface area contributed by atoms with E-state index in [-0.39, 0.29) is 34.4 Å². The largest absolute Gasteiger partial charge is 0.465 e. The van der Waals surface area contributed by atoms with Crippen molar-refractivity contribution in [3.05, 3.63) is 35.7 Å². The predicted octanol–water partition coefficient (Wildman–Crippen LogP) is 0.699. The van der Waals surface area contributed by atoms with Crippen LogP contribution >= 0.6 is 0 Å². The molecule has 148 valence electrons. The SMILES string of the molecule is Nc1cccc(N)c1C(=O)Nc1cn[nH]c1C(=O)NC1CCN(C(=O)O)CC1. The van der Waals surface area contributed by atoms with Gasteiger partial charge in [-0.1, -0.05) is 6.07 Å². The molecule has 1 aromatic carbocycles. The minimum absolute atomic E-state index is 0.0853. The number of carbonyl (C=O) groups is 3. The lowest BCUT2D eigenvalue weighted by atomic mass is 10.1. The number of nitrogens with one attached hydrogen (secondary N) is 3. The van der Waals surface area contributed by atoms with E-state index in [4.69, 9.17) is 16.6 Å². The molecule has 3 amide bonds. The number of aromatic amines is 1. The molecule has 3 rings (SSSR count).